The second-order valence-electron chi connectivity index (χ2n) is 10.2. The minimum atomic E-state index is -1.43. The van der Waals surface area contributed by atoms with Crippen molar-refractivity contribution in [3.8, 4) is 0 Å². The van der Waals surface area contributed by atoms with Gasteiger partial charge in [-0.05, 0) is 50.4 Å². The number of carbonyl (C=O) groups excluding carboxylic acids is 1. The Morgan fingerprint density at radius 3 is 1.95 bits per heavy atom. The summed E-state index contributed by atoms with van der Waals surface area (Å²) in [6, 6.07) is 0. The van der Waals surface area contributed by atoms with E-state index in [-0.39, 0.29) is 37.6 Å². The third-order valence-electron chi connectivity index (χ3n) is 6.62. The Kier molecular flexibility index (Phi) is 17.5. The molecule has 0 aromatic heterocycles. The van der Waals surface area contributed by atoms with Gasteiger partial charge in [0.2, 0.25) is 0 Å². The Bertz CT molecular complexity index is 677. The van der Waals surface area contributed by atoms with Crippen LogP contribution in [0.4, 0.5) is 0 Å². The van der Waals surface area contributed by atoms with Crippen molar-refractivity contribution in [2.24, 2.45) is 23.5 Å². The maximum absolute atomic E-state index is 12.3. The van der Waals surface area contributed by atoms with Gasteiger partial charge in [0.25, 0.3) is 0 Å². The van der Waals surface area contributed by atoms with Crippen LogP contribution in [0.1, 0.15) is 78.6 Å². The van der Waals surface area contributed by atoms with Crippen molar-refractivity contribution in [3.05, 3.63) is 0 Å². The third kappa shape index (κ3) is 15.2. The van der Waals surface area contributed by atoms with E-state index in [9.17, 15) is 39.9 Å². The number of rotatable bonds is 21. The standard InChI is InChI=1S/C25H47NO11/c1-4-15(3)24(37-23(34)11-16(25(35)36)10-22(32)33)21(31)9-14(2)8-17(27)6-5-7-19(29)20(30)12-18(28)13-26/h14-21,24,27-31H,4-13,26H2,1-3H3,(H,32,33)(H,35,36). The van der Waals surface area contributed by atoms with Gasteiger partial charge in [-0.25, -0.2) is 0 Å². The van der Waals surface area contributed by atoms with E-state index in [0.717, 1.165) is 0 Å². The molecule has 9 unspecified atom stereocenters. The molecule has 0 aliphatic rings. The lowest BCUT2D eigenvalue weighted by atomic mass is 9.88. The van der Waals surface area contributed by atoms with E-state index < -0.39 is 73.3 Å². The van der Waals surface area contributed by atoms with Crippen LogP contribution in [-0.4, -0.2) is 96.8 Å². The summed E-state index contributed by atoms with van der Waals surface area (Å²) >= 11 is 0. The molecule has 12 heteroatoms. The summed E-state index contributed by atoms with van der Waals surface area (Å²) < 4.78 is 5.40. The minimum Gasteiger partial charge on any atom is -0.481 e. The van der Waals surface area contributed by atoms with Crippen LogP contribution in [0.15, 0.2) is 0 Å². The summed E-state index contributed by atoms with van der Waals surface area (Å²) in [5.74, 6) is -5.50. The number of nitrogens with two attached hydrogens (primary N) is 1. The molecule has 0 heterocycles. The first-order valence-electron chi connectivity index (χ1n) is 13.0. The molecule has 0 saturated carbocycles. The lowest BCUT2D eigenvalue weighted by Gasteiger charge is -2.30. The highest BCUT2D eigenvalue weighted by molar-refractivity contribution is 5.82. The molecule has 0 fully saturated rings. The van der Waals surface area contributed by atoms with Crippen LogP contribution >= 0.6 is 0 Å². The Morgan fingerprint density at radius 2 is 1.43 bits per heavy atom. The average molecular weight is 538 g/mol. The lowest BCUT2D eigenvalue weighted by molar-refractivity contribution is -0.165. The first-order chi connectivity index (χ1) is 17.2. The van der Waals surface area contributed by atoms with Crippen LogP contribution in [0.2, 0.25) is 0 Å². The number of carboxylic acid groups (broad SMARTS) is 2. The van der Waals surface area contributed by atoms with Gasteiger partial charge in [-0.1, -0.05) is 20.8 Å². The van der Waals surface area contributed by atoms with Crippen molar-refractivity contribution in [1.82, 2.24) is 0 Å². The van der Waals surface area contributed by atoms with E-state index in [0.29, 0.717) is 25.7 Å². The molecule has 9 atom stereocenters. The second-order valence-corrected chi connectivity index (χ2v) is 10.2. The van der Waals surface area contributed by atoms with Gasteiger partial charge in [-0.2, -0.15) is 0 Å². The number of aliphatic hydroxyl groups is 5. The molecule has 0 spiro atoms. The highest BCUT2D eigenvalue weighted by Crippen LogP contribution is 2.25. The lowest BCUT2D eigenvalue weighted by Crippen LogP contribution is -2.38. The average Bonchev–Trinajstić information content (AvgIpc) is 2.80. The second kappa shape index (κ2) is 18.4. The summed E-state index contributed by atoms with van der Waals surface area (Å²) in [7, 11) is 0. The van der Waals surface area contributed by atoms with E-state index in [4.69, 9.17) is 20.7 Å². The third-order valence-corrected chi connectivity index (χ3v) is 6.62. The number of ether oxygens (including phenoxy) is 1. The smallest absolute Gasteiger partial charge is 0.307 e. The van der Waals surface area contributed by atoms with E-state index in [2.05, 4.69) is 0 Å². The highest BCUT2D eigenvalue weighted by Gasteiger charge is 2.32. The van der Waals surface area contributed by atoms with Gasteiger partial charge in [0.15, 0.2) is 0 Å². The molecule has 0 aliphatic heterocycles. The van der Waals surface area contributed by atoms with Gasteiger partial charge in [0.1, 0.15) is 6.10 Å². The quantitative estimate of drug-likeness (QED) is 0.0921. The normalized spacial score (nSPS) is 19.1. The van der Waals surface area contributed by atoms with E-state index in [1.807, 2.05) is 13.8 Å². The van der Waals surface area contributed by atoms with E-state index >= 15 is 0 Å². The van der Waals surface area contributed by atoms with Crippen molar-refractivity contribution in [1.29, 1.82) is 0 Å². The van der Waals surface area contributed by atoms with Crippen LogP contribution in [0.25, 0.3) is 0 Å². The van der Waals surface area contributed by atoms with Crippen LogP contribution in [-0.2, 0) is 19.1 Å². The number of hydrogen-bond acceptors (Lipinski definition) is 10. The fourth-order valence-corrected chi connectivity index (χ4v) is 4.18. The Hall–Kier alpha value is -1.83. The maximum atomic E-state index is 12.3. The number of aliphatic hydroxyl groups excluding tert-OH is 5. The van der Waals surface area contributed by atoms with Gasteiger partial charge in [0, 0.05) is 13.0 Å². The number of aliphatic carboxylic acids is 2. The number of carboxylic acids is 2. The first-order valence-corrected chi connectivity index (χ1v) is 13.0. The molecule has 0 aliphatic carbocycles. The zero-order valence-electron chi connectivity index (χ0n) is 22.1. The number of hydrogen-bond donors (Lipinski definition) is 8. The molecule has 12 nitrogen and oxygen atoms in total. The van der Waals surface area contributed by atoms with Gasteiger partial charge >= 0.3 is 17.9 Å². The molecule has 0 radical (unpaired) electrons. The molecule has 0 amide bonds. The summed E-state index contributed by atoms with van der Waals surface area (Å²) in [6.45, 7) is 5.43. The molecular weight excluding hydrogens is 490 g/mol. The van der Waals surface area contributed by atoms with Gasteiger partial charge < -0.3 is 46.2 Å². The molecule has 218 valence electrons. The zero-order chi connectivity index (χ0) is 28.7. The number of carbonyl (C=O) groups is 3. The first kappa shape index (κ1) is 35.2. The van der Waals surface area contributed by atoms with Gasteiger partial charge in [-0.15, -0.1) is 0 Å². The van der Waals surface area contributed by atoms with Gasteiger partial charge in [0.05, 0.1) is 49.3 Å². The van der Waals surface area contributed by atoms with Crippen molar-refractivity contribution in [2.75, 3.05) is 6.54 Å². The molecule has 0 saturated heterocycles. The molecular formula is C25H47NO11. The molecule has 9 N–H and O–H groups in total. The molecule has 0 aromatic rings. The van der Waals surface area contributed by atoms with Crippen molar-refractivity contribution >= 4 is 17.9 Å². The fraction of sp³-hybridized carbons (Fsp3) is 0.880. The maximum Gasteiger partial charge on any atom is 0.307 e. The zero-order valence-corrected chi connectivity index (χ0v) is 22.1. The van der Waals surface area contributed by atoms with Crippen molar-refractivity contribution in [2.45, 2.75) is 115 Å². The SMILES string of the molecule is CCC(C)C(OC(=O)CC(CC(=O)O)C(=O)O)C(O)CC(C)CC(O)CCCC(O)C(O)CC(O)CN. The van der Waals surface area contributed by atoms with Crippen molar-refractivity contribution in [3.63, 3.8) is 0 Å². The Balaban J connectivity index is 4.76. The Labute approximate surface area is 218 Å². The molecule has 0 bridgehead atoms. The van der Waals surface area contributed by atoms with Crippen LogP contribution < -0.4 is 5.73 Å². The topological polar surface area (TPSA) is 228 Å². The van der Waals surface area contributed by atoms with Crippen LogP contribution in [0.5, 0.6) is 0 Å². The van der Waals surface area contributed by atoms with Crippen LogP contribution in [0, 0.1) is 17.8 Å². The molecule has 0 aromatic carbocycles. The summed E-state index contributed by atoms with van der Waals surface area (Å²) in [4.78, 5) is 34.4. The number of esters is 1. The minimum absolute atomic E-state index is 0.0170. The van der Waals surface area contributed by atoms with E-state index in [1.54, 1.807) is 6.92 Å². The summed E-state index contributed by atoms with van der Waals surface area (Å²) in [5, 5.41) is 68.5. The summed E-state index contributed by atoms with van der Waals surface area (Å²) in [6.07, 6.45) is -5.02. The fourth-order valence-electron chi connectivity index (χ4n) is 4.18. The summed E-state index contributed by atoms with van der Waals surface area (Å²) in [5.41, 5.74) is 5.29. The molecule has 0 rings (SSSR count). The molecule has 37 heavy (non-hydrogen) atoms. The predicted molar refractivity (Wildman–Crippen MR) is 133 cm³/mol. The van der Waals surface area contributed by atoms with Crippen molar-refractivity contribution < 1.29 is 54.9 Å². The monoisotopic (exact) mass is 537 g/mol. The Morgan fingerprint density at radius 1 is 0.811 bits per heavy atom. The van der Waals surface area contributed by atoms with Crippen LogP contribution in [0.3, 0.4) is 0 Å². The van der Waals surface area contributed by atoms with Gasteiger partial charge in [-0.3, -0.25) is 14.4 Å². The highest BCUT2D eigenvalue weighted by atomic mass is 16.6. The largest absolute Gasteiger partial charge is 0.481 e. The predicted octanol–water partition coefficient (Wildman–Crippen LogP) is 0.250. The van der Waals surface area contributed by atoms with E-state index in [1.165, 1.54) is 0 Å².